The predicted octanol–water partition coefficient (Wildman–Crippen LogP) is 0.693. The number of nitrogens with zero attached hydrogens (tertiary/aromatic N) is 1. The molecule has 0 radical (unpaired) electrons. The van der Waals surface area contributed by atoms with Crippen molar-refractivity contribution in [3.63, 3.8) is 0 Å². The summed E-state index contributed by atoms with van der Waals surface area (Å²) in [6.07, 6.45) is 0. The third-order valence-corrected chi connectivity index (χ3v) is 2.62. The number of carbonyl (C=O) groups is 2. The van der Waals surface area contributed by atoms with Gasteiger partial charge in [0.05, 0.1) is 6.61 Å². The van der Waals surface area contributed by atoms with Gasteiger partial charge >= 0.3 is 11.8 Å². The van der Waals surface area contributed by atoms with E-state index in [-0.39, 0.29) is 13.2 Å². The smallest absolute Gasteiger partial charge is 0.313 e. The van der Waals surface area contributed by atoms with E-state index in [4.69, 9.17) is 5.11 Å². The van der Waals surface area contributed by atoms with Crippen LogP contribution in [-0.2, 0) is 9.59 Å². The molecule has 5 heteroatoms. The molecule has 0 aliphatic heterocycles. The molecule has 0 aliphatic rings. The Kier molecular flexibility index (Phi) is 4.85. The third-order valence-electron chi connectivity index (χ3n) is 2.62. The highest BCUT2D eigenvalue weighted by Crippen LogP contribution is 2.16. The Morgan fingerprint density at radius 2 is 2.00 bits per heavy atom. The fourth-order valence-corrected chi connectivity index (χ4v) is 1.47. The van der Waals surface area contributed by atoms with Gasteiger partial charge in [-0.15, -0.1) is 0 Å². The molecule has 2 amide bonds. The predicted molar refractivity (Wildman–Crippen MR) is 69.3 cm³/mol. The van der Waals surface area contributed by atoms with E-state index in [1.165, 1.54) is 11.9 Å². The molecule has 2 N–H and O–H groups in total. The monoisotopic (exact) mass is 250 g/mol. The standard InChI is InChI=1S/C13H18N2O3/c1-9-4-5-10(2)11(8-9)14-12(17)13(18)15(3)6-7-16/h4-5,8,16H,6-7H2,1-3H3,(H,14,17). The second-order valence-corrected chi connectivity index (χ2v) is 4.22. The number of aryl methyl sites for hydroxylation is 2. The Morgan fingerprint density at radius 1 is 1.33 bits per heavy atom. The average Bonchev–Trinajstić information content (AvgIpc) is 2.33. The molecule has 0 unspecified atom stereocenters. The van der Waals surface area contributed by atoms with Crippen LogP contribution in [0, 0.1) is 13.8 Å². The minimum absolute atomic E-state index is 0.138. The van der Waals surface area contributed by atoms with Crippen LogP contribution in [0.5, 0.6) is 0 Å². The minimum Gasteiger partial charge on any atom is -0.395 e. The molecule has 0 heterocycles. The molecule has 1 aromatic rings. The van der Waals surface area contributed by atoms with Crippen molar-refractivity contribution in [2.75, 3.05) is 25.5 Å². The number of likely N-dealkylation sites (N-methyl/N-ethyl adjacent to an activating group) is 1. The highest BCUT2D eigenvalue weighted by molar-refractivity contribution is 6.39. The molecule has 0 aromatic heterocycles. The first-order chi connectivity index (χ1) is 8.45. The van der Waals surface area contributed by atoms with Gasteiger partial charge in [0.1, 0.15) is 0 Å². The fourth-order valence-electron chi connectivity index (χ4n) is 1.47. The summed E-state index contributed by atoms with van der Waals surface area (Å²) in [6.45, 7) is 3.74. The SMILES string of the molecule is Cc1ccc(C)c(NC(=O)C(=O)N(C)CCO)c1. The Hall–Kier alpha value is -1.88. The second kappa shape index (κ2) is 6.16. The third kappa shape index (κ3) is 3.56. The van der Waals surface area contributed by atoms with Crippen molar-refractivity contribution in [1.82, 2.24) is 4.90 Å². The van der Waals surface area contributed by atoms with Crippen LogP contribution in [0.2, 0.25) is 0 Å². The molecule has 0 saturated heterocycles. The number of aliphatic hydroxyl groups is 1. The van der Waals surface area contributed by atoms with E-state index < -0.39 is 11.8 Å². The molecular weight excluding hydrogens is 232 g/mol. The van der Waals surface area contributed by atoms with Gasteiger partial charge < -0.3 is 15.3 Å². The van der Waals surface area contributed by atoms with E-state index in [0.717, 1.165) is 11.1 Å². The summed E-state index contributed by atoms with van der Waals surface area (Å²) in [4.78, 5) is 24.5. The summed E-state index contributed by atoms with van der Waals surface area (Å²) in [7, 11) is 1.47. The van der Waals surface area contributed by atoms with E-state index in [2.05, 4.69) is 5.32 Å². The minimum atomic E-state index is -0.695. The van der Waals surface area contributed by atoms with Gasteiger partial charge in [-0.25, -0.2) is 0 Å². The number of nitrogens with one attached hydrogen (secondary N) is 1. The molecule has 18 heavy (non-hydrogen) atoms. The zero-order valence-corrected chi connectivity index (χ0v) is 10.9. The number of hydrogen-bond donors (Lipinski definition) is 2. The summed E-state index contributed by atoms with van der Waals surface area (Å²) < 4.78 is 0. The van der Waals surface area contributed by atoms with Crippen LogP contribution in [0.4, 0.5) is 5.69 Å². The molecule has 1 aromatic carbocycles. The molecule has 0 fully saturated rings. The van der Waals surface area contributed by atoms with E-state index in [0.29, 0.717) is 5.69 Å². The lowest BCUT2D eigenvalue weighted by Gasteiger charge is -2.15. The lowest BCUT2D eigenvalue weighted by Crippen LogP contribution is -2.38. The van der Waals surface area contributed by atoms with Crippen LogP contribution >= 0.6 is 0 Å². The lowest BCUT2D eigenvalue weighted by molar-refractivity contribution is -0.142. The van der Waals surface area contributed by atoms with Crippen LogP contribution < -0.4 is 5.32 Å². The normalized spacial score (nSPS) is 10.0. The van der Waals surface area contributed by atoms with Crippen molar-refractivity contribution in [1.29, 1.82) is 0 Å². The number of benzene rings is 1. The molecule has 0 atom stereocenters. The molecule has 0 saturated carbocycles. The molecule has 98 valence electrons. The van der Waals surface area contributed by atoms with Crippen molar-refractivity contribution < 1.29 is 14.7 Å². The molecular formula is C13H18N2O3. The maximum atomic E-state index is 11.7. The number of carbonyl (C=O) groups excluding carboxylic acids is 2. The average molecular weight is 250 g/mol. The van der Waals surface area contributed by atoms with Gasteiger partial charge in [0, 0.05) is 19.3 Å². The lowest BCUT2D eigenvalue weighted by atomic mass is 10.1. The Bertz CT molecular complexity index is 458. The number of anilines is 1. The van der Waals surface area contributed by atoms with E-state index in [9.17, 15) is 9.59 Å². The number of amides is 2. The van der Waals surface area contributed by atoms with Crippen molar-refractivity contribution in [2.24, 2.45) is 0 Å². The largest absolute Gasteiger partial charge is 0.395 e. The summed E-state index contributed by atoms with van der Waals surface area (Å²) in [6, 6.07) is 5.63. The molecule has 0 spiro atoms. The molecule has 5 nitrogen and oxygen atoms in total. The zero-order chi connectivity index (χ0) is 13.7. The van der Waals surface area contributed by atoms with Gasteiger partial charge in [0.25, 0.3) is 0 Å². The van der Waals surface area contributed by atoms with Crippen molar-refractivity contribution in [2.45, 2.75) is 13.8 Å². The number of rotatable bonds is 3. The quantitative estimate of drug-likeness (QED) is 0.776. The highest BCUT2D eigenvalue weighted by atomic mass is 16.3. The van der Waals surface area contributed by atoms with Crippen molar-refractivity contribution >= 4 is 17.5 Å². The van der Waals surface area contributed by atoms with E-state index in [1.54, 1.807) is 0 Å². The van der Waals surface area contributed by atoms with Crippen LogP contribution in [0.15, 0.2) is 18.2 Å². The first kappa shape index (κ1) is 14.2. The van der Waals surface area contributed by atoms with Crippen LogP contribution in [0.25, 0.3) is 0 Å². The first-order valence-corrected chi connectivity index (χ1v) is 5.70. The molecule has 0 bridgehead atoms. The zero-order valence-electron chi connectivity index (χ0n) is 10.9. The van der Waals surface area contributed by atoms with Crippen LogP contribution in [-0.4, -0.2) is 42.0 Å². The van der Waals surface area contributed by atoms with Gasteiger partial charge in [0.2, 0.25) is 0 Å². The van der Waals surface area contributed by atoms with Gasteiger partial charge in [-0.05, 0) is 31.0 Å². The van der Waals surface area contributed by atoms with Crippen LogP contribution in [0.1, 0.15) is 11.1 Å². The molecule has 1 rings (SSSR count). The topological polar surface area (TPSA) is 69.6 Å². The van der Waals surface area contributed by atoms with Crippen LogP contribution in [0.3, 0.4) is 0 Å². The maximum absolute atomic E-state index is 11.7. The van der Waals surface area contributed by atoms with E-state index >= 15 is 0 Å². The Balaban J connectivity index is 2.75. The van der Waals surface area contributed by atoms with Gasteiger partial charge in [-0.3, -0.25) is 9.59 Å². The molecule has 0 aliphatic carbocycles. The van der Waals surface area contributed by atoms with Crippen molar-refractivity contribution in [3.8, 4) is 0 Å². The maximum Gasteiger partial charge on any atom is 0.313 e. The Labute approximate surface area is 106 Å². The summed E-state index contributed by atoms with van der Waals surface area (Å²) in [5.41, 5.74) is 2.53. The van der Waals surface area contributed by atoms with Crippen molar-refractivity contribution in [3.05, 3.63) is 29.3 Å². The summed E-state index contributed by atoms with van der Waals surface area (Å²) in [5, 5.41) is 11.3. The van der Waals surface area contributed by atoms with Gasteiger partial charge in [0.15, 0.2) is 0 Å². The van der Waals surface area contributed by atoms with E-state index in [1.807, 2.05) is 32.0 Å². The second-order valence-electron chi connectivity index (χ2n) is 4.22. The number of hydrogen-bond acceptors (Lipinski definition) is 3. The van der Waals surface area contributed by atoms with Gasteiger partial charge in [-0.1, -0.05) is 12.1 Å². The summed E-state index contributed by atoms with van der Waals surface area (Å²) in [5.74, 6) is -1.36. The van der Waals surface area contributed by atoms with Gasteiger partial charge in [-0.2, -0.15) is 0 Å². The fraction of sp³-hybridized carbons (Fsp3) is 0.385. The summed E-state index contributed by atoms with van der Waals surface area (Å²) >= 11 is 0. The highest BCUT2D eigenvalue weighted by Gasteiger charge is 2.18. The number of aliphatic hydroxyl groups excluding tert-OH is 1. The first-order valence-electron chi connectivity index (χ1n) is 5.70. The Morgan fingerprint density at radius 3 is 2.61 bits per heavy atom.